The van der Waals surface area contributed by atoms with Gasteiger partial charge in [-0.25, -0.2) is 0 Å². The Morgan fingerprint density at radius 3 is 3.06 bits per heavy atom. The van der Waals surface area contributed by atoms with Crippen LogP contribution >= 0.6 is 15.9 Å². The van der Waals surface area contributed by atoms with Crippen LogP contribution in [0.4, 0.5) is 0 Å². The fourth-order valence-electron chi connectivity index (χ4n) is 1.81. The molecule has 2 rings (SSSR count). The van der Waals surface area contributed by atoms with E-state index in [-0.39, 0.29) is 11.9 Å². The van der Waals surface area contributed by atoms with Crippen LogP contribution in [0.25, 0.3) is 0 Å². The largest absolute Gasteiger partial charge is 0.457 e. The van der Waals surface area contributed by atoms with E-state index in [9.17, 15) is 4.79 Å². The number of amides is 1. The lowest BCUT2D eigenvalue weighted by Crippen LogP contribution is -2.38. The van der Waals surface area contributed by atoms with Crippen molar-refractivity contribution in [2.24, 2.45) is 5.92 Å². The number of hydrogen-bond donors (Lipinski definition) is 1. The Morgan fingerprint density at radius 1 is 1.69 bits per heavy atom. The van der Waals surface area contributed by atoms with E-state index >= 15 is 0 Å². The molecule has 0 aliphatic carbocycles. The van der Waals surface area contributed by atoms with Crippen molar-refractivity contribution >= 4 is 21.8 Å². The Balaban J connectivity index is 1.94. The summed E-state index contributed by atoms with van der Waals surface area (Å²) >= 11 is 3.19. The van der Waals surface area contributed by atoms with Crippen molar-refractivity contribution in [2.75, 3.05) is 13.2 Å². The molecule has 16 heavy (non-hydrogen) atoms. The number of halogens is 1. The lowest BCUT2D eigenvalue weighted by atomic mass is 10.0. The molecule has 0 aromatic carbocycles. The van der Waals surface area contributed by atoms with Crippen molar-refractivity contribution < 1.29 is 13.9 Å². The predicted octanol–water partition coefficient (Wildman–Crippen LogP) is 2.20. The predicted molar refractivity (Wildman–Crippen MR) is 62.3 cm³/mol. The summed E-state index contributed by atoms with van der Waals surface area (Å²) in [5, 5.41) is 2.96. The summed E-state index contributed by atoms with van der Waals surface area (Å²) in [5.41, 5.74) is 0.533. The normalized spacial score (nSPS) is 22.0. The SMILES string of the molecule is CC(NC(=O)c1ccoc1Br)C1CCOC1. The molecule has 88 valence electrons. The molecule has 0 spiro atoms. The fourth-order valence-corrected chi connectivity index (χ4v) is 2.23. The van der Waals surface area contributed by atoms with Crippen molar-refractivity contribution in [1.29, 1.82) is 0 Å². The molecule has 1 aromatic heterocycles. The molecule has 2 heterocycles. The third kappa shape index (κ3) is 2.47. The van der Waals surface area contributed by atoms with E-state index in [4.69, 9.17) is 9.15 Å². The Morgan fingerprint density at radius 2 is 2.50 bits per heavy atom. The number of nitrogens with one attached hydrogen (secondary N) is 1. The maximum absolute atomic E-state index is 11.9. The van der Waals surface area contributed by atoms with Gasteiger partial charge in [0, 0.05) is 18.6 Å². The number of carbonyl (C=O) groups is 1. The van der Waals surface area contributed by atoms with E-state index in [1.807, 2.05) is 6.92 Å². The molecule has 2 unspecified atom stereocenters. The first-order valence-electron chi connectivity index (χ1n) is 5.30. The summed E-state index contributed by atoms with van der Waals surface area (Å²) in [7, 11) is 0. The maximum Gasteiger partial charge on any atom is 0.255 e. The maximum atomic E-state index is 11.9. The Kier molecular flexibility index (Phi) is 3.66. The molecule has 0 bridgehead atoms. The molecule has 1 amide bonds. The van der Waals surface area contributed by atoms with E-state index in [0.29, 0.717) is 16.2 Å². The van der Waals surface area contributed by atoms with Crippen LogP contribution in [0.3, 0.4) is 0 Å². The second kappa shape index (κ2) is 5.01. The van der Waals surface area contributed by atoms with Gasteiger partial charge in [-0.05, 0) is 35.3 Å². The zero-order valence-electron chi connectivity index (χ0n) is 9.03. The van der Waals surface area contributed by atoms with Gasteiger partial charge in [0.25, 0.3) is 5.91 Å². The minimum Gasteiger partial charge on any atom is -0.457 e. The van der Waals surface area contributed by atoms with Gasteiger partial charge in [0.1, 0.15) is 0 Å². The van der Waals surface area contributed by atoms with Crippen molar-refractivity contribution in [3.05, 3.63) is 22.6 Å². The monoisotopic (exact) mass is 287 g/mol. The van der Waals surface area contributed by atoms with Crippen molar-refractivity contribution in [3.63, 3.8) is 0 Å². The summed E-state index contributed by atoms with van der Waals surface area (Å²) in [6, 6.07) is 1.77. The number of carbonyl (C=O) groups excluding carboxylic acids is 1. The number of ether oxygens (including phenoxy) is 1. The zero-order chi connectivity index (χ0) is 11.5. The molecule has 5 heteroatoms. The van der Waals surface area contributed by atoms with Gasteiger partial charge in [-0.1, -0.05) is 0 Å². The van der Waals surface area contributed by atoms with E-state index in [2.05, 4.69) is 21.2 Å². The summed E-state index contributed by atoms with van der Waals surface area (Å²) in [6.07, 6.45) is 2.50. The zero-order valence-corrected chi connectivity index (χ0v) is 10.6. The average molecular weight is 288 g/mol. The number of furan rings is 1. The first-order chi connectivity index (χ1) is 7.68. The van der Waals surface area contributed by atoms with Gasteiger partial charge in [-0.15, -0.1) is 0 Å². The van der Waals surface area contributed by atoms with Crippen LogP contribution in [0, 0.1) is 5.92 Å². The van der Waals surface area contributed by atoms with Gasteiger partial charge in [0.05, 0.1) is 18.4 Å². The van der Waals surface area contributed by atoms with Crippen LogP contribution in [0.2, 0.25) is 0 Å². The van der Waals surface area contributed by atoms with Crippen LogP contribution in [0.15, 0.2) is 21.4 Å². The van der Waals surface area contributed by atoms with E-state index < -0.39 is 0 Å². The fraction of sp³-hybridized carbons (Fsp3) is 0.545. The molecular weight excluding hydrogens is 274 g/mol. The Labute approximate surface area is 102 Å². The van der Waals surface area contributed by atoms with Crippen molar-refractivity contribution in [1.82, 2.24) is 5.32 Å². The quantitative estimate of drug-likeness (QED) is 0.927. The van der Waals surface area contributed by atoms with Gasteiger partial charge >= 0.3 is 0 Å². The second-order valence-corrected chi connectivity index (χ2v) is 4.71. The first kappa shape index (κ1) is 11.7. The third-order valence-corrected chi connectivity index (χ3v) is 3.51. The highest BCUT2D eigenvalue weighted by Crippen LogP contribution is 2.20. The molecule has 1 saturated heterocycles. The van der Waals surface area contributed by atoms with Gasteiger partial charge in [0.2, 0.25) is 0 Å². The lowest BCUT2D eigenvalue weighted by Gasteiger charge is -2.18. The molecule has 0 radical (unpaired) electrons. The van der Waals surface area contributed by atoms with Crippen LogP contribution in [-0.4, -0.2) is 25.2 Å². The van der Waals surface area contributed by atoms with Crippen molar-refractivity contribution in [2.45, 2.75) is 19.4 Å². The van der Waals surface area contributed by atoms with Gasteiger partial charge < -0.3 is 14.5 Å². The molecular formula is C11H14BrNO3. The van der Waals surface area contributed by atoms with E-state index in [0.717, 1.165) is 19.6 Å². The van der Waals surface area contributed by atoms with E-state index in [1.165, 1.54) is 6.26 Å². The molecule has 1 N–H and O–H groups in total. The molecule has 1 aliphatic rings. The molecule has 0 saturated carbocycles. The van der Waals surface area contributed by atoms with Gasteiger partial charge in [0.15, 0.2) is 4.67 Å². The molecule has 2 atom stereocenters. The molecule has 1 fully saturated rings. The van der Waals surface area contributed by atoms with Gasteiger partial charge in [-0.2, -0.15) is 0 Å². The standard InChI is InChI=1S/C11H14BrNO3/c1-7(8-2-4-15-6-8)13-11(14)9-3-5-16-10(9)12/h3,5,7-8H,2,4,6H2,1H3,(H,13,14). The molecule has 4 nitrogen and oxygen atoms in total. The second-order valence-electron chi connectivity index (χ2n) is 3.99. The minimum absolute atomic E-state index is 0.111. The number of rotatable bonds is 3. The summed E-state index contributed by atoms with van der Waals surface area (Å²) < 4.78 is 10.8. The lowest BCUT2D eigenvalue weighted by molar-refractivity contribution is 0.0920. The smallest absolute Gasteiger partial charge is 0.255 e. The van der Waals surface area contributed by atoms with Crippen LogP contribution in [-0.2, 0) is 4.74 Å². The highest BCUT2D eigenvalue weighted by molar-refractivity contribution is 9.10. The Hall–Kier alpha value is -0.810. The first-order valence-corrected chi connectivity index (χ1v) is 6.09. The third-order valence-electron chi connectivity index (χ3n) is 2.89. The summed E-state index contributed by atoms with van der Waals surface area (Å²) in [4.78, 5) is 11.9. The van der Waals surface area contributed by atoms with Crippen LogP contribution in [0.1, 0.15) is 23.7 Å². The highest BCUT2D eigenvalue weighted by atomic mass is 79.9. The Bertz CT molecular complexity index is 371. The molecule has 1 aromatic rings. The molecule has 1 aliphatic heterocycles. The van der Waals surface area contributed by atoms with Crippen LogP contribution < -0.4 is 5.32 Å². The van der Waals surface area contributed by atoms with Crippen molar-refractivity contribution in [3.8, 4) is 0 Å². The topological polar surface area (TPSA) is 51.5 Å². The van der Waals surface area contributed by atoms with Gasteiger partial charge in [-0.3, -0.25) is 4.79 Å². The highest BCUT2D eigenvalue weighted by Gasteiger charge is 2.24. The minimum atomic E-state index is -0.111. The van der Waals surface area contributed by atoms with E-state index in [1.54, 1.807) is 6.07 Å². The average Bonchev–Trinajstić information content (AvgIpc) is 2.86. The summed E-state index contributed by atoms with van der Waals surface area (Å²) in [5.74, 6) is 0.301. The van der Waals surface area contributed by atoms with Crippen LogP contribution in [0.5, 0.6) is 0 Å². The summed E-state index contributed by atoms with van der Waals surface area (Å²) in [6.45, 7) is 3.53. The number of hydrogen-bond acceptors (Lipinski definition) is 3.